The van der Waals surface area contributed by atoms with Gasteiger partial charge in [-0.05, 0) is 39.0 Å². The number of aromatic nitrogens is 2. The van der Waals surface area contributed by atoms with Crippen molar-refractivity contribution in [2.24, 2.45) is 5.92 Å². The third kappa shape index (κ3) is 3.47. The molecule has 2 rings (SSSR count). The van der Waals surface area contributed by atoms with Crippen LogP contribution in [0.3, 0.4) is 0 Å². The molecule has 0 aliphatic carbocycles. The Balaban J connectivity index is 1.98. The van der Waals surface area contributed by atoms with Gasteiger partial charge in [-0.2, -0.15) is 5.10 Å². The molecule has 1 atom stereocenters. The van der Waals surface area contributed by atoms with Crippen molar-refractivity contribution in [1.29, 1.82) is 0 Å². The molecule has 0 aliphatic heterocycles. The lowest BCUT2D eigenvalue weighted by molar-refractivity contribution is -0.119. The molecule has 1 amide bonds. The Morgan fingerprint density at radius 3 is 2.45 bits per heavy atom. The highest BCUT2D eigenvalue weighted by atomic mass is 16.1. The van der Waals surface area contributed by atoms with Gasteiger partial charge < -0.3 is 5.32 Å². The van der Waals surface area contributed by atoms with Crippen molar-refractivity contribution in [3.05, 3.63) is 47.3 Å². The standard InChI is InChI=1S/C16H21N3O/c1-11-5-7-15(8-6-11)17-16(20)12(2)10-19-14(4)9-13(3)18-19/h5-9,12H,10H2,1-4H3,(H,17,20). The minimum absolute atomic E-state index is 0.0152. The predicted octanol–water partition coefficient (Wildman–Crippen LogP) is 3.08. The molecular weight excluding hydrogens is 250 g/mol. The van der Waals surface area contributed by atoms with Gasteiger partial charge >= 0.3 is 0 Å². The summed E-state index contributed by atoms with van der Waals surface area (Å²) in [6.45, 7) is 8.50. The van der Waals surface area contributed by atoms with E-state index < -0.39 is 0 Å². The zero-order valence-electron chi connectivity index (χ0n) is 12.5. The summed E-state index contributed by atoms with van der Waals surface area (Å²) in [5, 5.41) is 7.32. The van der Waals surface area contributed by atoms with Gasteiger partial charge in [-0.1, -0.05) is 24.6 Å². The number of nitrogens with one attached hydrogen (secondary N) is 1. The van der Waals surface area contributed by atoms with E-state index in [1.54, 1.807) is 0 Å². The summed E-state index contributed by atoms with van der Waals surface area (Å²) in [4.78, 5) is 12.2. The van der Waals surface area contributed by atoms with Crippen LogP contribution in [-0.4, -0.2) is 15.7 Å². The van der Waals surface area contributed by atoms with Crippen LogP contribution < -0.4 is 5.32 Å². The molecule has 4 nitrogen and oxygen atoms in total. The number of rotatable bonds is 4. The first-order valence-corrected chi connectivity index (χ1v) is 6.84. The van der Waals surface area contributed by atoms with Crippen LogP contribution in [0.25, 0.3) is 0 Å². The highest BCUT2D eigenvalue weighted by Gasteiger charge is 2.15. The molecule has 1 aromatic carbocycles. The molecular formula is C16H21N3O. The molecule has 0 saturated heterocycles. The quantitative estimate of drug-likeness (QED) is 0.929. The number of hydrogen-bond donors (Lipinski definition) is 1. The van der Waals surface area contributed by atoms with Crippen molar-refractivity contribution in [2.75, 3.05) is 5.32 Å². The molecule has 0 radical (unpaired) electrons. The minimum Gasteiger partial charge on any atom is -0.326 e. The fourth-order valence-corrected chi connectivity index (χ4v) is 2.10. The summed E-state index contributed by atoms with van der Waals surface area (Å²) in [5.74, 6) is -0.115. The van der Waals surface area contributed by atoms with Crippen LogP contribution in [0.15, 0.2) is 30.3 Å². The van der Waals surface area contributed by atoms with E-state index in [4.69, 9.17) is 0 Å². The Kier molecular flexibility index (Phi) is 4.23. The van der Waals surface area contributed by atoms with Crippen molar-refractivity contribution in [2.45, 2.75) is 34.2 Å². The van der Waals surface area contributed by atoms with Gasteiger partial charge in [-0.15, -0.1) is 0 Å². The maximum absolute atomic E-state index is 12.2. The second kappa shape index (κ2) is 5.90. The first-order valence-electron chi connectivity index (χ1n) is 6.84. The van der Waals surface area contributed by atoms with Crippen LogP contribution in [0.1, 0.15) is 23.9 Å². The van der Waals surface area contributed by atoms with Gasteiger partial charge in [0.25, 0.3) is 0 Å². The monoisotopic (exact) mass is 271 g/mol. The number of carbonyl (C=O) groups excluding carboxylic acids is 1. The van der Waals surface area contributed by atoms with E-state index >= 15 is 0 Å². The number of nitrogens with zero attached hydrogens (tertiary/aromatic N) is 2. The van der Waals surface area contributed by atoms with Crippen LogP contribution in [0, 0.1) is 26.7 Å². The van der Waals surface area contributed by atoms with Gasteiger partial charge in [-0.3, -0.25) is 9.48 Å². The maximum atomic E-state index is 12.2. The van der Waals surface area contributed by atoms with Crippen molar-refractivity contribution in [3.8, 4) is 0 Å². The fraction of sp³-hybridized carbons (Fsp3) is 0.375. The van der Waals surface area contributed by atoms with Crippen LogP contribution in [-0.2, 0) is 11.3 Å². The molecule has 1 N–H and O–H groups in total. The third-order valence-electron chi connectivity index (χ3n) is 3.32. The van der Waals surface area contributed by atoms with Crippen LogP contribution >= 0.6 is 0 Å². The number of anilines is 1. The van der Waals surface area contributed by atoms with E-state index in [1.807, 2.05) is 62.7 Å². The Morgan fingerprint density at radius 2 is 1.90 bits per heavy atom. The van der Waals surface area contributed by atoms with E-state index in [1.165, 1.54) is 5.56 Å². The molecule has 0 spiro atoms. The van der Waals surface area contributed by atoms with Gasteiger partial charge in [-0.25, -0.2) is 0 Å². The summed E-state index contributed by atoms with van der Waals surface area (Å²) in [6, 6.07) is 9.83. The zero-order valence-corrected chi connectivity index (χ0v) is 12.5. The Morgan fingerprint density at radius 1 is 1.25 bits per heavy atom. The highest BCUT2D eigenvalue weighted by molar-refractivity contribution is 5.92. The number of carbonyl (C=O) groups is 1. The molecule has 4 heteroatoms. The molecule has 1 unspecified atom stereocenters. The van der Waals surface area contributed by atoms with Gasteiger partial charge in [0.1, 0.15) is 0 Å². The summed E-state index contributed by atoms with van der Waals surface area (Å²) in [7, 11) is 0. The highest BCUT2D eigenvalue weighted by Crippen LogP contribution is 2.12. The summed E-state index contributed by atoms with van der Waals surface area (Å²) in [6.07, 6.45) is 0. The van der Waals surface area contributed by atoms with Gasteiger partial charge in [0.05, 0.1) is 18.2 Å². The predicted molar refractivity (Wildman–Crippen MR) is 80.7 cm³/mol. The largest absolute Gasteiger partial charge is 0.326 e. The summed E-state index contributed by atoms with van der Waals surface area (Å²) in [5.41, 5.74) is 4.07. The zero-order chi connectivity index (χ0) is 14.7. The average Bonchev–Trinajstić information content (AvgIpc) is 2.70. The van der Waals surface area contributed by atoms with E-state index in [9.17, 15) is 4.79 Å². The molecule has 1 heterocycles. The van der Waals surface area contributed by atoms with Crippen LogP contribution in [0.5, 0.6) is 0 Å². The normalized spacial score (nSPS) is 12.2. The lowest BCUT2D eigenvalue weighted by Gasteiger charge is -2.13. The second-order valence-electron chi connectivity index (χ2n) is 5.37. The SMILES string of the molecule is Cc1ccc(NC(=O)C(C)Cn2nc(C)cc2C)cc1. The van der Waals surface area contributed by atoms with Crippen LogP contribution in [0.2, 0.25) is 0 Å². The summed E-state index contributed by atoms with van der Waals surface area (Å²) < 4.78 is 1.88. The molecule has 0 saturated carbocycles. The van der Waals surface area contributed by atoms with E-state index in [0.717, 1.165) is 17.1 Å². The van der Waals surface area contributed by atoms with Gasteiger partial charge in [0.15, 0.2) is 0 Å². The number of benzene rings is 1. The van der Waals surface area contributed by atoms with Gasteiger partial charge in [0, 0.05) is 11.4 Å². The van der Waals surface area contributed by atoms with Crippen molar-refractivity contribution in [3.63, 3.8) is 0 Å². The first kappa shape index (κ1) is 14.3. The second-order valence-corrected chi connectivity index (χ2v) is 5.37. The fourth-order valence-electron chi connectivity index (χ4n) is 2.10. The third-order valence-corrected chi connectivity index (χ3v) is 3.32. The average molecular weight is 271 g/mol. The van der Waals surface area contributed by atoms with Gasteiger partial charge in [0.2, 0.25) is 5.91 Å². The molecule has 1 aromatic heterocycles. The molecule has 0 fully saturated rings. The maximum Gasteiger partial charge on any atom is 0.229 e. The smallest absolute Gasteiger partial charge is 0.229 e. The molecule has 2 aromatic rings. The van der Waals surface area contributed by atoms with Crippen LogP contribution in [0.4, 0.5) is 5.69 Å². The van der Waals surface area contributed by atoms with Crippen molar-refractivity contribution in [1.82, 2.24) is 9.78 Å². The summed E-state index contributed by atoms with van der Waals surface area (Å²) >= 11 is 0. The molecule has 0 aliphatic rings. The molecule has 106 valence electrons. The van der Waals surface area contributed by atoms with Crippen molar-refractivity contribution >= 4 is 11.6 Å². The Hall–Kier alpha value is -2.10. The topological polar surface area (TPSA) is 46.9 Å². The molecule has 0 bridgehead atoms. The number of hydrogen-bond acceptors (Lipinski definition) is 2. The minimum atomic E-state index is -0.130. The lowest BCUT2D eigenvalue weighted by atomic mass is 10.1. The Labute approximate surface area is 119 Å². The molecule has 20 heavy (non-hydrogen) atoms. The van der Waals surface area contributed by atoms with E-state index in [0.29, 0.717) is 6.54 Å². The Bertz CT molecular complexity index is 599. The number of aryl methyl sites for hydroxylation is 3. The van der Waals surface area contributed by atoms with E-state index in [2.05, 4.69) is 10.4 Å². The first-order chi connectivity index (χ1) is 9.45. The number of amides is 1. The van der Waals surface area contributed by atoms with Crippen molar-refractivity contribution < 1.29 is 4.79 Å². The van der Waals surface area contributed by atoms with E-state index in [-0.39, 0.29) is 11.8 Å². The lowest BCUT2D eigenvalue weighted by Crippen LogP contribution is -2.25.